The molecule has 23 heavy (non-hydrogen) atoms. The molecule has 0 bridgehead atoms. The summed E-state index contributed by atoms with van der Waals surface area (Å²) in [5, 5.41) is 8.95. The van der Waals surface area contributed by atoms with Crippen LogP contribution in [-0.2, 0) is 11.3 Å². The second kappa shape index (κ2) is 5.76. The lowest BCUT2D eigenvalue weighted by molar-refractivity contribution is -0.125. The van der Waals surface area contributed by atoms with Crippen molar-refractivity contribution in [2.75, 3.05) is 4.90 Å². The number of carbonyl (C=O) groups excluding carboxylic acids is 1. The number of hydrogen-bond acceptors (Lipinski definition) is 3. The SMILES string of the molecule is Cc1ccc2c(c1)N(Cc1ccc(C(=O)O)cc1)C(=O)C(C)O2. The third-order valence-corrected chi connectivity index (χ3v) is 3.86. The highest BCUT2D eigenvalue weighted by Crippen LogP contribution is 2.35. The number of rotatable bonds is 3. The maximum absolute atomic E-state index is 12.5. The van der Waals surface area contributed by atoms with Crippen molar-refractivity contribution in [3.8, 4) is 5.75 Å². The summed E-state index contributed by atoms with van der Waals surface area (Å²) in [5.74, 6) is -0.385. The fraction of sp³-hybridized carbons (Fsp3) is 0.222. The Bertz CT molecular complexity index is 767. The number of benzene rings is 2. The van der Waals surface area contributed by atoms with Crippen molar-refractivity contribution in [1.29, 1.82) is 0 Å². The Morgan fingerprint density at radius 3 is 2.57 bits per heavy atom. The summed E-state index contributed by atoms with van der Waals surface area (Å²) < 4.78 is 5.65. The van der Waals surface area contributed by atoms with E-state index in [0.717, 1.165) is 16.8 Å². The zero-order chi connectivity index (χ0) is 16.6. The van der Waals surface area contributed by atoms with Crippen LogP contribution in [-0.4, -0.2) is 23.1 Å². The lowest BCUT2D eigenvalue weighted by atomic mass is 10.1. The third kappa shape index (κ3) is 2.90. The minimum absolute atomic E-state index is 0.106. The van der Waals surface area contributed by atoms with Crippen LogP contribution in [0, 0.1) is 6.92 Å². The average Bonchev–Trinajstić information content (AvgIpc) is 2.53. The van der Waals surface area contributed by atoms with Gasteiger partial charge in [0.2, 0.25) is 0 Å². The summed E-state index contributed by atoms with van der Waals surface area (Å²) in [4.78, 5) is 25.1. The number of carboxylic acid groups (broad SMARTS) is 1. The molecule has 3 rings (SSSR count). The van der Waals surface area contributed by atoms with Crippen LogP contribution in [0.3, 0.4) is 0 Å². The van der Waals surface area contributed by atoms with Gasteiger partial charge in [0, 0.05) is 0 Å². The highest BCUT2D eigenvalue weighted by Gasteiger charge is 2.31. The van der Waals surface area contributed by atoms with Crippen molar-refractivity contribution in [3.63, 3.8) is 0 Å². The van der Waals surface area contributed by atoms with E-state index in [1.807, 2.05) is 25.1 Å². The van der Waals surface area contributed by atoms with Gasteiger partial charge >= 0.3 is 5.97 Å². The lowest BCUT2D eigenvalue weighted by Gasteiger charge is -2.33. The van der Waals surface area contributed by atoms with E-state index < -0.39 is 12.1 Å². The normalized spacial score (nSPS) is 16.7. The molecule has 0 saturated heterocycles. The first kappa shape index (κ1) is 15.1. The van der Waals surface area contributed by atoms with Gasteiger partial charge in [-0.3, -0.25) is 4.79 Å². The Morgan fingerprint density at radius 1 is 1.22 bits per heavy atom. The van der Waals surface area contributed by atoms with Crippen LogP contribution in [0.1, 0.15) is 28.4 Å². The number of ether oxygens (including phenoxy) is 1. The molecule has 1 heterocycles. The second-order valence-corrected chi connectivity index (χ2v) is 5.66. The number of anilines is 1. The third-order valence-electron chi connectivity index (χ3n) is 3.86. The predicted octanol–water partition coefficient (Wildman–Crippen LogP) is 3.01. The molecular weight excluding hydrogens is 294 g/mol. The maximum atomic E-state index is 12.5. The first-order valence-electron chi connectivity index (χ1n) is 7.36. The largest absolute Gasteiger partial charge is 0.479 e. The summed E-state index contributed by atoms with van der Waals surface area (Å²) in [5.41, 5.74) is 2.88. The topological polar surface area (TPSA) is 66.8 Å². The number of hydrogen-bond donors (Lipinski definition) is 1. The Balaban J connectivity index is 1.93. The molecule has 1 amide bonds. The monoisotopic (exact) mass is 311 g/mol. The average molecular weight is 311 g/mol. The van der Waals surface area contributed by atoms with Gasteiger partial charge in [0.05, 0.1) is 17.8 Å². The molecule has 1 atom stereocenters. The van der Waals surface area contributed by atoms with Gasteiger partial charge in [-0.1, -0.05) is 18.2 Å². The maximum Gasteiger partial charge on any atom is 0.335 e. The van der Waals surface area contributed by atoms with Crippen molar-refractivity contribution in [3.05, 3.63) is 59.2 Å². The number of aromatic carboxylic acids is 1. The van der Waals surface area contributed by atoms with Crippen molar-refractivity contribution in [2.45, 2.75) is 26.5 Å². The van der Waals surface area contributed by atoms with Gasteiger partial charge in [0.1, 0.15) is 5.75 Å². The zero-order valence-electron chi connectivity index (χ0n) is 12.9. The van der Waals surface area contributed by atoms with Gasteiger partial charge in [-0.2, -0.15) is 0 Å². The van der Waals surface area contributed by atoms with Crippen molar-refractivity contribution in [1.82, 2.24) is 0 Å². The fourth-order valence-corrected chi connectivity index (χ4v) is 2.62. The lowest BCUT2D eigenvalue weighted by Crippen LogP contribution is -2.44. The quantitative estimate of drug-likeness (QED) is 0.946. The van der Waals surface area contributed by atoms with Crippen LogP contribution in [0.15, 0.2) is 42.5 Å². The van der Waals surface area contributed by atoms with Crippen LogP contribution in [0.25, 0.3) is 0 Å². The van der Waals surface area contributed by atoms with E-state index in [-0.39, 0.29) is 11.5 Å². The van der Waals surface area contributed by atoms with Gasteiger partial charge in [-0.05, 0) is 49.2 Å². The molecule has 1 N–H and O–H groups in total. The molecule has 2 aromatic rings. The first-order valence-corrected chi connectivity index (χ1v) is 7.36. The van der Waals surface area contributed by atoms with Crippen molar-refractivity contribution >= 4 is 17.6 Å². The van der Waals surface area contributed by atoms with Gasteiger partial charge in [-0.15, -0.1) is 0 Å². The van der Waals surface area contributed by atoms with Crippen LogP contribution in [0.5, 0.6) is 5.75 Å². The van der Waals surface area contributed by atoms with E-state index >= 15 is 0 Å². The van der Waals surface area contributed by atoms with Crippen LogP contribution in [0.4, 0.5) is 5.69 Å². The summed E-state index contributed by atoms with van der Waals surface area (Å²) in [6, 6.07) is 12.3. The molecule has 0 aromatic heterocycles. The molecule has 0 radical (unpaired) electrons. The van der Waals surface area contributed by atoms with E-state index in [2.05, 4.69) is 0 Å². The summed E-state index contributed by atoms with van der Waals surface area (Å²) in [6.45, 7) is 4.07. The number of fused-ring (bicyclic) bond motifs is 1. The summed E-state index contributed by atoms with van der Waals surface area (Å²) >= 11 is 0. The molecule has 118 valence electrons. The highest BCUT2D eigenvalue weighted by atomic mass is 16.5. The molecule has 1 aliphatic heterocycles. The predicted molar refractivity (Wildman–Crippen MR) is 85.9 cm³/mol. The Hall–Kier alpha value is -2.82. The minimum atomic E-state index is -0.964. The van der Waals surface area contributed by atoms with Crippen molar-refractivity contribution in [2.24, 2.45) is 0 Å². The highest BCUT2D eigenvalue weighted by molar-refractivity contribution is 5.99. The van der Waals surface area contributed by atoms with Crippen LogP contribution >= 0.6 is 0 Å². The van der Waals surface area contributed by atoms with E-state index in [9.17, 15) is 9.59 Å². The number of carboxylic acids is 1. The van der Waals surface area contributed by atoms with Crippen molar-refractivity contribution < 1.29 is 19.4 Å². The molecule has 5 nitrogen and oxygen atoms in total. The van der Waals surface area contributed by atoms with Gasteiger partial charge in [0.25, 0.3) is 5.91 Å². The Labute approximate surface area is 134 Å². The first-order chi connectivity index (χ1) is 11.0. The Kier molecular flexibility index (Phi) is 3.78. The minimum Gasteiger partial charge on any atom is -0.479 e. The molecule has 0 spiro atoms. The number of carbonyl (C=O) groups is 2. The number of amides is 1. The Morgan fingerprint density at radius 2 is 1.91 bits per heavy atom. The molecule has 0 saturated carbocycles. The van der Waals surface area contributed by atoms with Gasteiger partial charge in [0.15, 0.2) is 6.10 Å². The van der Waals surface area contributed by atoms with Gasteiger partial charge in [-0.25, -0.2) is 4.79 Å². The second-order valence-electron chi connectivity index (χ2n) is 5.66. The standard InChI is InChI=1S/C18H17NO4/c1-11-3-8-16-15(9-11)19(17(20)12(2)23-16)10-13-4-6-14(7-5-13)18(21)22/h3-9,12H,10H2,1-2H3,(H,21,22). The molecule has 0 aliphatic carbocycles. The van der Waals surface area contributed by atoms with E-state index in [4.69, 9.17) is 9.84 Å². The van der Waals surface area contributed by atoms with E-state index in [0.29, 0.717) is 12.3 Å². The van der Waals surface area contributed by atoms with E-state index in [1.54, 1.807) is 36.1 Å². The summed E-state index contributed by atoms with van der Waals surface area (Å²) in [7, 11) is 0. The number of aryl methyl sites for hydroxylation is 1. The van der Waals surface area contributed by atoms with Gasteiger partial charge < -0.3 is 14.7 Å². The van der Waals surface area contributed by atoms with Crippen LogP contribution < -0.4 is 9.64 Å². The smallest absolute Gasteiger partial charge is 0.335 e. The fourth-order valence-electron chi connectivity index (χ4n) is 2.62. The molecule has 1 aliphatic rings. The molecule has 5 heteroatoms. The zero-order valence-corrected chi connectivity index (χ0v) is 12.9. The molecule has 1 unspecified atom stereocenters. The molecular formula is C18H17NO4. The molecule has 2 aromatic carbocycles. The molecule has 0 fully saturated rings. The number of nitrogens with zero attached hydrogens (tertiary/aromatic N) is 1. The summed E-state index contributed by atoms with van der Waals surface area (Å²) in [6.07, 6.45) is -0.538. The van der Waals surface area contributed by atoms with Crippen LogP contribution in [0.2, 0.25) is 0 Å². The van der Waals surface area contributed by atoms with E-state index in [1.165, 1.54) is 0 Å².